The van der Waals surface area contributed by atoms with Crippen LogP contribution in [0.25, 0.3) is 11.1 Å². The first kappa shape index (κ1) is 21.5. The predicted molar refractivity (Wildman–Crippen MR) is 112 cm³/mol. The Bertz CT molecular complexity index is 861. The molecule has 5 nitrogen and oxygen atoms in total. The number of carbonyl (C=O) groups is 1. The predicted octanol–water partition coefficient (Wildman–Crippen LogP) is 4.82. The second-order valence-electron chi connectivity index (χ2n) is 5.70. The topological polar surface area (TPSA) is 65.4 Å². The van der Waals surface area contributed by atoms with Crippen molar-refractivity contribution in [3.63, 3.8) is 0 Å². The summed E-state index contributed by atoms with van der Waals surface area (Å²) in [6.07, 6.45) is 0. The zero-order valence-electron chi connectivity index (χ0n) is 15.4. The molecule has 0 radical (unpaired) electrons. The van der Waals surface area contributed by atoms with Crippen LogP contribution in [-0.4, -0.2) is 39.3 Å². The Labute approximate surface area is 173 Å². The minimum Gasteiger partial charge on any atom is -0.380 e. The number of halogens is 2. The van der Waals surface area contributed by atoms with Crippen LogP contribution in [0.4, 0.5) is 5.00 Å². The highest BCUT2D eigenvalue weighted by molar-refractivity contribution is 7.19. The summed E-state index contributed by atoms with van der Waals surface area (Å²) in [5.41, 5.74) is 1.57. The molecule has 1 N–H and O–H groups in total. The van der Waals surface area contributed by atoms with E-state index in [-0.39, 0.29) is 5.91 Å². The van der Waals surface area contributed by atoms with Crippen molar-refractivity contribution in [1.29, 1.82) is 5.26 Å². The van der Waals surface area contributed by atoms with Gasteiger partial charge in [-0.3, -0.25) is 4.79 Å². The van der Waals surface area contributed by atoms with Gasteiger partial charge >= 0.3 is 0 Å². The van der Waals surface area contributed by atoms with Crippen LogP contribution in [0.1, 0.15) is 29.1 Å². The van der Waals surface area contributed by atoms with Gasteiger partial charge in [0.25, 0.3) is 5.91 Å². The number of amides is 1. The van der Waals surface area contributed by atoms with Gasteiger partial charge in [-0.15, -0.1) is 11.3 Å². The van der Waals surface area contributed by atoms with E-state index in [1.165, 1.54) is 11.3 Å². The number of thiophene rings is 1. The Hall–Kier alpha value is -1.78. The molecule has 1 aromatic carbocycles. The van der Waals surface area contributed by atoms with Gasteiger partial charge in [0, 0.05) is 47.9 Å². The molecule has 1 heterocycles. The van der Waals surface area contributed by atoms with Gasteiger partial charge in [-0.1, -0.05) is 29.3 Å². The highest BCUT2D eigenvalue weighted by Gasteiger charge is 2.27. The largest absolute Gasteiger partial charge is 0.380 e. The molecule has 0 aliphatic carbocycles. The molecule has 2 aromatic rings. The highest BCUT2D eigenvalue weighted by atomic mass is 35.5. The van der Waals surface area contributed by atoms with Gasteiger partial charge < -0.3 is 15.0 Å². The first-order valence-electron chi connectivity index (χ1n) is 8.53. The molecule has 2 rings (SSSR count). The summed E-state index contributed by atoms with van der Waals surface area (Å²) in [4.78, 5) is 15.0. The van der Waals surface area contributed by atoms with Crippen LogP contribution in [0.3, 0.4) is 0 Å². The fraction of sp³-hybridized carbons (Fsp3) is 0.368. The molecule has 0 saturated carbocycles. The molecule has 0 saturated heterocycles. The molecule has 0 spiro atoms. The smallest absolute Gasteiger partial charge is 0.262 e. The quantitative estimate of drug-likeness (QED) is 0.615. The van der Waals surface area contributed by atoms with E-state index in [2.05, 4.69) is 11.4 Å². The number of carbonyl (C=O) groups excluding carboxylic acids is 1. The second-order valence-corrected chi connectivity index (χ2v) is 7.54. The maximum absolute atomic E-state index is 12.7. The zero-order valence-corrected chi connectivity index (χ0v) is 17.8. The number of likely N-dealkylation sites (N-methyl/N-ethyl adjacent to an activating group) is 1. The number of nitrogens with zero attached hydrogens (tertiary/aromatic N) is 2. The summed E-state index contributed by atoms with van der Waals surface area (Å²) in [5, 5.41) is 14.3. The molecule has 0 aliphatic rings. The van der Waals surface area contributed by atoms with E-state index in [1.807, 2.05) is 25.8 Å². The monoisotopic (exact) mass is 425 g/mol. The summed E-state index contributed by atoms with van der Waals surface area (Å²) in [6.45, 7) is 6.02. The maximum Gasteiger partial charge on any atom is 0.262 e. The lowest BCUT2D eigenvalue weighted by atomic mass is 10.0. The Morgan fingerprint density at radius 2 is 2.11 bits per heavy atom. The van der Waals surface area contributed by atoms with Crippen LogP contribution in [0.15, 0.2) is 18.2 Å². The van der Waals surface area contributed by atoms with E-state index in [0.717, 1.165) is 0 Å². The summed E-state index contributed by atoms with van der Waals surface area (Å²) in [6, 6.07) is 7.29. The van der Waals surface area contributed by atoms with E-state index in [9.17, 15) is 10.1 Å². The van der Waals surface area contributed by atoms with Crippen molar-refractivity contribution in [2.45, 2.75) is 13.8 Å². The normalized spacial score (nSPS) is 10.5. The molecule has 1 aromatic heterocycles. The van der Waals surface area contributed by atoms with Gasteiger partial charge in [0.1, 0.15) is 15.9 Å². The van der Waals surface area contributed by atoms with Crippen LogP contribution >= 0.6 is 34.5 Å². The number of ether oxygens (including phenoxy) is 1. The highest BCUT2D eigenvalue weighted by Crippen LogP contribution is 2.44. The van der Waals surface area contributed by atoms with Crippen LogP contribution in [0.5, 0.6) is 0 Å². The average Bonchev–Trinajstić information content (AvgIpc) is 3.01. The van der Waals surface area contributed by atoms with Gasteiger partial charge in [-0.05, 0) is 26.0 Å². The molecule has 0 aliphatic heterocycles. The molecule has 0 bridgehead atoms. The summed E-state index contributed by atoms with van der Waals surface area (Å²) >= 11 is 13.7. The molecular formula is C19H21Cl2N3O2S. The maximum atomic E-state index is 12.7. The van der Waals surface area contributed by atoms with Crippen LogP contribution in [0.2, 0.25) is 10.0 Å². The van der Waals surface area contributed by atoms with E-state index >= 15 is 0 Å². The van der Waals surface area contributed by atoms with Crippen LogP contribution in [0, 0.1) is 11.3 Å². The van der Waals surface area contributed by atoms with Gasteiger partial charge in [0.15, 0.2) is 0 Å². The number of hydrogen-bond acceptors (Lipinski definition) is 5. The molecular weight excluding hydrogens is 405 g/mol. The van der Waals surface area contributed by atoms with E-state index < -0.39 is 0 Å². The van der Waals surface area contributed by atoms with Crippen molar-refractivity contribution in [2.75, 3.05) is 38.3 Å². The molecule has 144 valence electrons. The first-order valence-corrected chi connectivity index (χ1v) is 10.1. The molecule has 8 heteroatoms. The fourth-order valence-corrected chi connectivity index (χ4v) is 4.26. The first-order chi connectivity index (χ1) is 12.9. The number of benzene rings is 1. The Balaban J connectivity index is 2.61. The van der Waals surface area contributed by atoms with Crippen molar-refractivity contribution in [2.24, 2.45) is 0 Å². The van der Waals surface area contributed by atoms with Crippen molar-refractivity contribution >= 4 is 45.4 Å². The summed E-state index contributed by atoms with van der Waals surface area (Å²) < 4.78 is 5.40. The Morgan fingerprint density at radius 3 is 2.70 bits per heavy atom. The SMILES string of the molecule is CCNC(=O)c1sc(N(C)CCOCC)c(C#N)c1-c1ccc(Cl)cc1Cl. The van der Waals surface area contributed by atoms with Gasteiger partial charge in [-0.25, -0.2) is 0 Å². The fourth-order valence-electron chi connectivity index (χ4n) is 2.59. The van der Waals surface area contributed by atoms with Crippen molar-refractivity contribution in [1.82, 2.24) is 5.32 Å². The molecule has 0 atom stereocenters. The zero-order chi connectivity index (χ0) is 20.0. The van der Waals surface area contributed by atoms with Crippen molar-refractivity contribution < 1.29 is 9.53 Å². The van der Waals surface area contributed by atoms with Gasteiger partial charge in [0.05, 0.1) is 12.2 Å². The molecule has 0 unspecified atom stereocenters. The van der Waals surface area contributed by atoms with Crippen LogP contribution in [-0.2, 0) is 4.74 Å². The lowest BCUT2D eigenvalue weighted by molar-refractivity contribution is 0.0960. The summed E-state index contributed by atoms with van der Waals surface area (Å²) in [7, 11) is 1.88. The lowest BCUT2D eigenvalue weighted by Crippen LogP contribution is -2.22. The number of anilines is 1. The van der Waals surface area contributed by atoms with E-state index in [1.54, 1.807) is 18.2 Å². The van der Waals surface area contributed by atoms with Crippen LogP contribution < -0.4 is 10.2 Å². The number of nitrogens with one attached hydrogen (secondary N) is 1. The van der Waals surface area contributed by atoms with E-state index in [4.69, 9.17) is 27.9 Å². The lowest BCUT2D eigenvalue weighted by Gasteiger charge is -2.17. The third-order valence-electron chi connectivity index (χ3n) is 3.87. The molecule has 27 heavy (non-hydrogen) atoms. The number of rotatable bonds is 8. The number of nitriles is 1. The molecule has 1 amide bonds. The minimum absolute atomic E-state index is 0.232. The van der Waals surface area contributed by atoms with Gasteiger partial charge in [-0.2, -0.15) is 5.26 Å². The average molecular weight is 426 g/mol. The number of hydrogen-bond donors (Lipinski definition) is 1. The Morgan fingerprint density at radius 1 is 1.37 bits per heavy atom. The third-order valence-corrected chi connectivity index (χ3v) is 5.72. The van der Waals surface area contributed by atoms with Crippen molar-refractivity contribution in [3.05, 3.63) is 38.7 Å². The summed E-state index contributed by atoms with van der Waals surface area (Å²) in [5.74, 6) is -0.232. The van der Waals surface area contributed by atoms with E-state index in [0.29, 0.717) is 62.9 Å². The Kier molecular flexibility index (Phi) is 7.93. The molecule has 0 fully saturated rings. The standard InChI is InChI=1S/C19H21Cl2N3O2S/c1-4-23-18(25)17-16(13-7-6-12(20)10-15(13)21)14(11-22)19(27-17)24(3)8-9-26-5-2/h6-7,10H,4-5,8-9H2,1-3H3,(H,23,25). The van der Waals surface area contributed by atoms with Gasteiger partial charge in [0.2, 0.25) is 0 Å². The van der Waals surface area contributed by atoms with Crippen molar-refractivity contribution in [3.8, 4) is 17.2 Å². The third kappa shape index (κ3) is 4.94. The second kappa shape index (κ2) is 9.95. The minimum atomic E-state index is -0.232.